The van der Waals surface area contributed by atoms with Crippen molar-refractivity contribution in [1.29, 1.82) is 0 Å². The Balaban J connectivity index is 2.65. The fraction of sp³-hybridized carbons (Fsp3) is 0.200. The summed E-state index contributed by atoms with van der Waals surface area (Å²) in [5.41, 5.74) is 0.754. The van der Waals surface area contributed by atoms with Gasteiger partial charge in [-0.15, -0.1) is 0 Å². The molecule has 0 amide bonds. The molecule has 6 heteroatoms. The lowest BCUT2D eigenvalue weighted by Gasteiger charge is -2.08. The number of benzene rings is 1. The van der Waals surface area contributed by atoms with Crippen LogP contribution >= 0.6 is 11.6 Å². The number of hydrogen-bond donors (Lipinski definition) is 1. The summed E-state index contributed by atoms with van der Waals surface area (Å²) in [6.45, 7) is 0. The highest BCUT2D eigenvalue weighted by Crippen LogP contribution is 2.23. The Kier molecular flexibility index (Phi) is 2.69. The van der Waals surface area contributed by atoms with Gasteiger partial charge in [0.1, 0.15) is 5.03 Å². The molecule has 1 N–H and O–H groups in total. The number of nitrogens with zero attached hydrogens (tertiary/aromatic N) is 1. The third kappa shape index (κ3) is 1.81. The minimum atomic E-state index is -3.42. The van der Waals surface area contributed by atoms with Crippen LogP contribution in [0.5, 0.6) is 0 Å². The van der Waals surface area contributed by atoms with Crippen molar-refractivity contribution < 1.29 is 8.42 Å². The molecular weight excluding hydrogens is 248 g/mol. The highest BCUT2D eigenvalue weighted by atomic mass is 35.5. The molecule has 16 heavy (non-hydrogen) atoms. The van der Waals surface area contributed by atoms with Crippen molar-refractivity contribution in [2.24, 2.45) is 0 Å². The second-order valence-electron chi connectivity index (χ2n) is 3.65. The highest BCUT2D eigenvalue weighted by Gasteiger charge is 2.19. The molecule has 1 aromatic carbocycles. The van der Waals surface area contributed by atoms with Crippen LogP contribution < -0.4 is 0 Å². The predicted molar refractivity (Wildman–Crippen MR) is 64.2 cm³/mol. The third-order valence-electron chi connectivity index (χ3n) is 2.32. The highest BCUT2D eigenvalue weighted by molar-refractivity contribution is 7.89. The lowest BCUT2D eigenvalue weighted by atomic mass is 10.2. The first-order valence-electron chi connectivity index (χ1n) is 4.62. The number of fused-ring (bicyclic) bond motifs is 1. The van der Waals surface area contributed by atoms with Crippen molar-refractivity contribution in [2.75, 3.05) is 14.1 Å². The van der Waals surface area contributed by atoms with Crippen LogP contribution in [0.1, 0.15) is 0 Å². The van der Waals surface area contributed by atoms with E-state index in [1.54, 1.807) is 24.3 Å². The molecule has 86 valence electrons. The van der Waals surface area contributed by atoms with Gasteiger partial charge in [-0.2, -0.15) is 0 Å². The summed E-state index contributed by atoms with van der Waals surface area (Å²) in [6.07, 6.45) is 0. The van der Waals surface area contributed by atoms with E-state index in [0.29, 0.717) is 5.02 Å². The van der Waals surface area contributed by atoms with Crippen LogP contribution in [0.2, 0.25) is 5.02 Å². The summed E-state index contributed by atoms with van der Waals surface area (Å²) in [5, 5.41) is 1.54. The van der Waals surface area contributed by atoms with Gasteiger partial charge in [0, 0.05) is 30.0 Å². The maximum absolute atomic E-state index is 11.8. The van der Waals surface area contributed by atoms with Gasteiger partial charge >= 0.3 is 0 Å². The van der Waals surface area contributed by atoms with Crippen LogP contribution in [-0.4, -0.2) is 31.8 Å². The molecule has 0 atom stereocenters. The van der Waals surface area contributed by atoms with Crippen LogP contribution in [-0.2, 0) is 10.0 Å². The number of sulfonamides is 1. The SMILES string of the molecule is CN(C)S(=O)(=O)c1cc2cc(Cl)ccc2[nH]1. The summed E-state index contributed by atoms with van der Waals surface area (Å²) < 4.78 is 24.9. The monoisotopic (exact) mass is 258 g/mol. The second kappa shape index (κ2) is 3.76. The van der Waals surface area contributed by atoms with Gasteiger partial charge < -0.3 is 4.98 Å². The molecule has 2 rings (SSSR count). The maximum atomic E-state index is 11.8. The van der Waals surface area contributed by atoms with E-state index >= 15 is 0 Å². The predicted octanol–water partition coefficient (Wildman–Crippen LogP) is 2.07. The van der Waals surface area contributed by atoms with E-state index < -0.39 is 10.0 Å². The number of aromatic nitrogens is 1. The molecule has 2 aromatic rings. The molecule has 0 saturated heterocycles. The number of nitrogens with one attached hydrogen (secondary N) is 1. The molecule has 0 aliphatic rings. The summed E-state index contributed by atoms with van der Waals surface area (Å²) in [7, 11) is -0.429. The molecule has 0 bridgehead atoms. The molecule has 4 nitrogen and oxygen atoms in total. The van der Waals surface area contributed by atoms with Crippen LogP contribution in [0.25, 0.3) is 10.9 Å². The molecule has 0 fully saturated rings. The van der Waals surface area contributed by atoms with Gasteiger partial charge in [0.25, 0.3) is 10.0 Å². The first-order chi connectivity index (χ1) is 7.41. The zero-order valence-electron chi connectivity index (χ0n) is 8.86. The Bertz CT molecular complexity index is 631. The average molecular weight is 259 g/mol. The number of H-pyrrole nitrogens is 1. The fourth-order valence-corrected chi connectivity index (χ4v) is 2.50. The van der Waals surface area contributed by atoms with Gasteiger partial charge in [-0.05, 0) is 24.3 Å². The number of hydrogen-bond acceptors (Lipinski definition) is 2. The van der Waals surface area contributed by atoms with E-state index in [1.165, 1.54) is 18.4 Å². The third-order valence-corrected chi connectivity index (χ3v) is 4.29. The lowest BCUT2D eigenvalue weighted by Crippen LogP contribution is -2.22. The average Bonchev–Trinajstić information content (AvgIpc) is 2.60. The molecule has 0 spiro atoms. The van der Waals surface area contributed by atoms with Gasteiger partial charge in [-0.3, -0.25) is 0 Å². The summed E-state index contributed by atoms with van der Waals surface area (Å²) in [6, 6.07) is 6.78. The summed E-state index contributed by atoms with van der Waals surface area (Å²) >= 11 is 5.83. The van der Waals surface area contributed by atoms with E-state index in [-0.39, 0.29) is 5.03 Å². The van der Waals surface area contributed by atoms with Crippen molar-refractivity contribution in [1.82, 2.24) is 9.29 Å². The van der Waals surface area contributed by atoms with Gasteiger partial charge in [0.2, 0.25) is 0 Å². The summed E-state index contributed by atoms with van der Waals surface area (Å²) in [5.74, 6) is 0. The van der Waals surface area contributed by atoms with Crippen LogP contribution in [0.15, 0.2) is 29.3 Å². The first kappa shape index (κ1) is 11.4. The van der Waals surface area contributed by atoms with Gasteiger partial charge in [-0.1, -0.05) is 11.6 Å². The molecular formula is C10H11ClN2O2S. The molecule has 0 aliphatic carbocycles. The second-order valence-corrected chi connectivity index (χ2v) is 6.21. The van der Waals surface area contributed by atoms with Crippen molar-refractivity contribution in [3.05, 3.63) is 29.3 Å². The van der Waals surface area contributed by atoms with Gasteiger partial charge in [-0.25, -0.2) is 12.7 Å². The minimum absolute atomic E-state index is 0.176. The smallest absolute Gasteiger partial charge is 0.258 e. The van der Waals surface area contributed by atoms with Crippen molar-refractivity contribution in [3.8, 4) is 0 Å². The normalized spacial score (nSPS) is 12.5. The molecule has 0 saturated carbocycles. The van der Waals surface area contributed by atoms with E-state index in [9.17, 15) is 8.42 Å². The van der Waals surface area contributed by atoms with Crippen molar-refractivity contribution in [3.63, 3.8) is 0 Å². The van der Waals surface area contributed by atoms with Crippen molar-refractivity contribution in [2.45, 2.75) is 5.03 Å². The molecule has 0 unspecified atom stereocenters. The van der Waals surface area contributed by atoms with Crippen LogP contribution in [0.4, 0.5) is 0 Å². The largest absolute Gasteiger partial charge is 0.345 e. The Hall–Kier alpha value is -1.04. The van der Waals surface area contributed by atoms with Gasteiger partial charge in [0.05, 0.1) is 0 Å². The maximum Gasteiger partial charge on any atom is 0.258 e. The number of halogens is 1. The Morgan fingerprint density at radius 3 is 2.56 bits per heavy atom. The van der Waals surface area contributed by atoms with Gasteiger partial charge in [0.15, 0.2) is 0 Å². The number of aromatic amines is 1. The Labute approximate surface area is 98.9 Å². The lowest BCUT2D eigenvalue weighted by molar-refractivity contribution is 0.518. The molecule has 1 aromatic heterocycles. The molecule has 0 radical (unpaired) electrons. The zero-order chi connectivity index (χ0) is 11.9. The van der Waals surface area contributed by atoms with Crippen LogP contribution in [0, 0.1) is 0 Å². The first-order valence-corrected chi connectivity index (χ1v) is 6.44. The van der Waals surface area contributed by atoms with E-state index in [0.717, 1.165) is 10.9 Å². The van der Waals surface area contributed by atoms with Crippen molar-refractivity contribution >= 4 is 32.5 Å². The topological polar surface area (TPSA) is 53.2 Å². The fourth-order valence-electron chi connectivity index (χ4n) is 1.41. The Morgan fingerprint density at radius 1 is 1.25 bits per heavy atom. The molecule has 1 heterocycles. The minimum Gasteiger partial charge on any atom is -0.345 e. The quantitative estimate of drug-likeness (QED) is 0.897. The van der Waals surface area contributed by atoms with E-state index in [2.05, 4.69) is 4.98 Å². The standard InChI is InChI=1S/C10H11ClN2O2S/c1-13(2)16(14,15)10-6-7-5-8(11)3-4-9(7)12-10/h3-6,12H,1-2H3. The van der Waals surface area contributed by atoms with E-state index in [1.807, 2.05) is 0 Å². The molecule has 0 aliphatic heterocycles. The summed E-state index contributed by atoms with van der Waals surface area (Å²) in [4.78, 5) is 2.86. The van der Waals surface area contributed by atoms with E-state index in [4.69, 9.17) is 11.6 Å². The van der Waals surface area contributed by atoms with Crippen LogP contribution in [0.3, 0.4) is 0 Å². The Morgan fingerprint density at radius 2 is 1.94 bits per heavy atom. The zero-order valence-corrected chi connectivity index (χ0v) is 10.4. The number of rotatable bonds is 2.